The molecule has 1 aliphatic heterocycles. The fourth-order valence-electron chi connectivity index (χ4n) is 1.93. The van der Waals surface area contributed by atoms with Crippen molar-refractivity contribution in [2.45, 2.75) is 32.4 Å². The molecule has 0 aromatic carbocycles. The van der Waals surface area contributed by atoms with Gasteiger partial charge in [-0.05, 0) is 5.92 Å². The molecule has 4 nitrogen and oxygen atoms in total. The molecule has 1 heterocycles. The summed E-state index contributed by atoms with van der Waals surface area (Å²) in [5.74, 6) is 0.259. The molecule has 0 bridgehead atoms. The largest absolute Gasteiger partial charge is 0.468 e. The molecular formula is C10H19NO3. The number of aliphatic hydroxyl groups excluding tert-OH is 1. The molecule has 0 spiro atoms. The second kappa shape index (κ2) is 4.75. The van der Waals surface area contributed by atoms with E-state index in [0.29, 0.717) is 18.9 Å². The summed E-state index contributed by atoms with van der Waals surface area (Å²) in [5.41, 5.74) is 0. The van der Waals surface area contributed by atoms with Crippen LogP contribution in [0.5, 0.6) is 0 Å². The van der Waals surface area contributed by atoms with Gasteiger partial charge in [0.25, 0.3) is 0 Å². The van der Waals surface area contributed by atoms with Crippen molar-refractivity contribution in [3.05, 3.63) is 0 Å². The zero-order chi connectivity index (χ0) is 10.7. The van der Waals surface area contributed by atoms with Crippen LogP contribution < -0.4 is 0 Å². The maximum atomic E-state index is 11.4. The highest BCUT2D eigenvalue weighted by atomic mass is 16.5. The summed E-state index contributed by atoms with van der Waals surface area (Å²) in [6, 6.07) is -0.252. The fraction of sp³-hybridized carbons (Fsp3) is 0.900. The first-order valence-corrected chi connectivity index (χ1v) is 5.04. The van der Waals surface area contributed by atoms with Crippen LogP contribution in [0.2, 0.25) is 0 Å². The summed E-state index contributed by atoms with van der Waals surface area (Å²) in [6.45, 7) is 5.60. The Kier molecular flexibility index (Phi) is 3.89. The highest BCUT2D eigenvalue weighted by Gasteiger charge is 2.36. The van der Waals surface area contributed by atoms with Gasteiger partial charge in [-0.1, -0.05) is 13.8 Å². The molecule has 2 unspecified atom stereocenters. The van der Waals surface area contributed by atoms with E-state index in [-0.39, 0.29) is 12.0 Å². The van der Waals surface area contributed by atoms with Crippen LogP contribution in [0.4, 0.5) is 0 Å². The van der Waals surface area contributed by atoms with Crippen molar-refractivity contribution in [2.75, 3.05) is 20.2 Å². The number of hydrogen-bond acceptors (Lipinski definition) is 4. The summed E-state index contributed by atoms with van der Waals surface area (Å²) in [7, 11) is 1.39. The lowest BCUT2D eigenvalue weighted by atomic mass is 10.1. The minimum Gasteiger partial charge on any atom is -0.468 e. The van der Waals surface area contributed by atoms with Gasteiger partial charge in [-0.2, -0.15) is 0 Å². The summed E-state index contributed by atoms with van der Waals surface area (Å²) in [4.78, 5) is 13.4. The highest BCUT2D eigenvalue weighted by Crippen LogP contribution is 2.20. The Hall–Kier alpha value is -0.610. The fourth-order valence-corrected chi connectivity index (χ4v) is 1.93. The summed E-state index contributed by atoms with van der Waals surface area (Å²) in [5, 5.41) is 9.48. The first kappa shape index (κ1) is 11.5. The van der Waals surface area contributed by atoms with Crippen molar-refractivity contribution >= 4 is 5.97 Å². The van der Waals surface area contributed by atoms with Gasteiger partial charge in [0.05, 0.1) is 13.2 Å². The van der Waals surface area contributed by atoms with Crippen LogP contribution in [0.3, 0.4) is 0 Å². The van der Waals surface area contributed by atoms with Crippen LogP contribution in [0, 0.1) is 5.92 Å². The zero-order valence-corrected chi connectivity index (χ0v) is 9.06. The number of esters is 1. The quantitative estimate of drug-likeness (QED) is 0.665. The Morgan fingerprint density at radius 1 is 1.64 bits per heavy atom. The van der Waals surface area contributed by atoms with E-state index in [1.165, 1.54) is 7.11 Å². The van der Waals surface area contributed by atoms with Gasteiger partial charge in [0.2, 0.25) is 0 Å². The highest BCUT2D eigenvalue weighted by molar-refractivity contribution is 5.76. The molecule has 1 N–H and O–H groups in total. The molecule has 0 saturated carbocycles. The van der Waals surface area contributed by atoms with E-state index in [1.807, 2.05) is 4.90 Å². The number of likely N-dealkylation sites (tertiary alicyclic amines) is 1. The minimum atomic E-state index is -0.391. The number of hydrogen-bond donors (Lipinski definition) is 1. The molecule has 0 aromatic rings. The van der Waals surface area contributed by atoms with Crippen molar-refractivity contribution in [3.63, 3.8) is 0 Å². The number of ether oxygens (including phenoxy) is 1. The third kappa shape index (κ3) is 2.69. The van der Waals surface area contributed by atoms with E-state index < -0.39 is 6.10 Å². The number of rotatable bonds is 3. The van der Waals surface area contributed by atoms with E-state index in [9.17, 15) is 9.90 Å². The van der Waals surface area contributed by atoms with Gasteiger partial charge in [-0.25, -0.2) is 0 Å². The Labute approximate surface area is 84.8 Å². The van der Waals surface area contributed by atoms with Gasteiger partial charge in [0, 0.05) is 19.5 Å². The number of β-amino-alcohol motifs (C(OH)–C–C–N with tert-alkyl or cyclic N) is 1. The molecule has 2 atom stereocenters. The van der Waals surface area contributed by atoms with Crippen molar-refractivity contribution in [3.8, 4) is 0 Å². The Morgan fingerprint density at radius 3 is 2.79 bits per heavy atom. The number of methoxy groups -OCH3 is 1. The van der Waals surface area contributed by atoms with Gasteiger partial charge >= 0.3 is 5.97 Å². The van der Waals surface area contributed by atoms with Crippen LogP contribution in [0.15, 0.2) is 0 Å². The molecular weight excluding hydrogens is 182 g/mol. The van der Waals surface area contributed by atoms with Crippen LogP contribution >= 0.6 is 0 Å². The summed E-state index contributed by atoms with van der Waals surface area (Å²) < 4.78 is 4.70. The first-order chi connectivity index (χ1) is 6.54. The van der Waals surface area contributed by atoms with Crippen LogP contribution in [-0.4, -0.2) is 48.3 Å². The average Bonchev–Trinajstić information content (AvgIpc) is 2.44. The van der Waals surface area contributed by atoms with Crippen LogP contribution in [0.25, 0.3) is 0 Å². The van der Waals surface area contributed by atoms with Crippen LogP contribution in [0.1, 0.15) is 20.3 Å². The van der Waals surface area contributed by atoms with E-state index in [4.69, 9.17) is 4.74 Å². The number of aliphatic hydroxyl groups is 1. The molecule has 4 heteroatoms. The molecule has 1 rings (SSSR count). The van der Waals surface area contributed by atoms with E-state index in [2.05, 4.69) is 13.8 Å². The Balaban J connectivity index is 2.58. The third-order valence-corrected chi connectivity index (χ3v) is 2.45. The number of carbonyl (C=O) groups excluding carboxylic acids is 1. The maximum absolute atomic E-state index is 11.4. The van der Waals surface area contributed by atoms with E-state index >= 15 is 0 Å². The van der Waals surface area contributed by atoms with Crippen molar-refractivity contribution in [1.29, 1.82) is 0 Å². The topological polar surface area (TPSA) is 49.8 Å². The van der Waals surface area contributed by atoms with Crippen LogP contribution in [-0.2, 0) is 9.53 Å². The van der Waals surface area contributed by atoms with Crippen molar-refractivity contribution < 1.29 is 14.6 Å². The molecule has 14 heavy (non-hydrogen) atoms. The molecule has 0 aromatic heterocycles. The predicted octanol–water partition coefficient (Wildman–Crippen LogP) is 0.251. The molecule has 1 fully saturated rings. The monoisotopic (exact) mass is 201 g/mol. The normalized spacial score (nSPS) is 28.4. The SMILES string of the molecule is COC(=O)C1CC(O)CN1CC(C)C. The van der Waals surface area contributed by atoms with Gasteiger partial charge in [-0.3, -0.25) is 9.69 Å². The number of nitrogens with zero attached hydrogens (tertiary/aromatic N) is 1. The molecule has 1 aliphatic rings. The van der Waals surface area contributed by atoms with Gasteiger partial charge in [-0.15, -0.1) is 0 Å². The lowest BCUT2D eigenvalue weighted by molar-refractivity contribution is -0.146. The lowest BCUT2D eigenvalue weighted by Gasteiger charge is -2.23. The third-order valence-electron chi connectivity index (χ3n) is 2.45. The number of carbonyl (C=O) groups is 1. The predicted molar refractivity (Wildman–Crippen MR) is 52.8 cm³/mol. The molecule has 0 radical (unpaired) electrons. The second-order valence-electron chi connectivity index (χ2n) is 4.28. The maximum Gasteiger partial charge on any atom is 0.323 e. The van der Waals surface area contributed by atoms with E-state index in [1.54, 1.807) is 0 Å². The minimum absolute atomic E-state index is 0.234. The smallest absolute Gasteiger partial charge is 0.323 e. The van der Waals surface area contributed by atoms with Crippen molar-refractivity contribution in [2.24, 2.45) is 5.92 Å². The average molecular weight is 201 g/mol. The Bertz CT molecular complexity index is 206. The lowest BCUT2D eigenvalue weighted by Crippen LogP contribution is -2.39. The zero-order valence-electron chi connectivity index (χ0n) is 9.06. The summed E-state index contributed by atoms with van der Waals surface area (Å²) >= 11 is 0. The second-order valence-corrected chi connectivity index (χ2v) is 4.28. The van der Waals surface area contributed by atoms with Gasteiger partial charge in [0.15, 0.2) is 0 Å². The van der Waals surface area contributed by atoms with Gasteiger partial charge < -0.3 is 9.84 Å². The van der Waals surface area contributed by atoms with Crippen molar-refractivity contribution in [1.82, 2.24) is 4.90 Å². The summed E-state index contributed by atoms with van der Waals surface area (Å²) in [6.07, 6.45) is 0.109. The van der Waals surface area contributed by atoms with E-state index in [0.717, 1.165) is 6.54 Å². The standard InChI is InChI=1S/C10H19NO3/c1-7(2)5-11-6-8(12)4-9(11)10(13)14-3/h7-9,12H,4-6H2,1-3H3. The molecule has 0 aliphatic carbocycles. The molecule has 82 valence electrons. The molecule has 0 amide bonds. The Morgan fingerprint density at radius 2 is 2.29 bits per heavy atom. The van der Waals surface area contributed by atoms with Gasteiger partial charge in [0.1, 0.15) is 6.04 Å². The molecule has 1 saturated heterocycles. The first-order valence-electron chi connectivity index (χ1n) is 5.04.